The van der Waals surface area contributed by atoms with Gasteiger partial charge in [-0.1, -0.05) is 12.1 Å². The van der Waals surface area contributed by atoms with Crippen LogP contribution in [-0.2, 0) is 4.74 Å². The van der Waals surface area contributed by atoms with E-state index < -0.39 is 6.61 Å². The molecule has 0 saturated carbocycles. The van der Waals surface area contributed by atoms with Crippen molar-refractivity contribution < 1.29 is 18.3 Å². The van der Waals surface area contributed by atoms with E-state index in [0.29, 0.717) is 6.04 Å². The number of hydrogen-bond acceptors (Lipinski definition) is 3. The summed E-state index contributed by atoms with van der Waals surface area (Å²) in [6.07, 6.45) is 0. The molecule has 20 heavy (non-hydrogen) atoms. The van der Waals surface area contributed by atoms with E-state index in [1.54, 1.807) is 12.1 Å². The summed E-state index contributed by atoms with van der Waals surface area (Å²) in [5.74, 6) is 0.208. The van der Waals surface area contributed by atoms with Crippen molar-refractivity contribution in [2.75, 3.05) is 26.3 Å². The van der Waals surface area contributed by atoms with E-state index in [0.717, 1.165) is 31.9 Å². The first kappa shape index (κ1) is 16.9. The lowest BCUT2D eigenvalue weighted by atomic mass is 10.2. The number of hydrogen-bond donors (Lipinski definition) is 0. The maximum Gasteiger partial charge on any atom is 0.387 e. The third-order valence-electron chi connectivity index (χ3n) is 2.99. The molecule has 0 radical (unpaired) electrons. The fraction of sp³-hybridized carbons (Fsp3) is 0.600. The van der Waals surface area contributed by atoms with E-state index in [2.05, 4.69) is 23.5 Å². The van der Waals surface area contributed by atoms with Gasteiger partial charge in [-0.2, -0.15) is 8.78 Å². The zero-order chi connectivity index (χ0) is 15.0. The molecule has 0 spiro atoms. The lowest BCUT2D eigenvalue weighted by Gasteiger charge is -2.29. The molecule has 1 heterocycles. The molecule has 1 aromatic carbocycles. The molecule has 3 nitrogen and oxygen atoms in total. The van der Waals surface area contributed by atoms with Crippen molar-refractivity contribution in [2.24, 2.45) is 0 Å². The molecule has 0 N–H and O–H groups in total. The van der Waals surface area contributed by atoms with E-state index in [9.17, 15) is 8.78 Å². The Morgan fingerprint density at radius 2 is 1.85 bits per heavy atom. The molecule has 0 aromatic heterocycles. The fourth-order valence-corrected chi connectivity index (χ4v) is 1.89. The van der Waals surface area contributed by atoms with Gasteiger partial charge in [0, 0.05) is 19.1 Å². The molecule has 1 saturated heterocycles. The minimum atomic E-state index is -2.74. The SMILES string of the molecule is CC(C)N1CCOCC1.Cc1cccc(OC(F)F)c1. The van der Waals surface area contributed by atoms with Crippen LogP contribution in [0.2, 0.25) is 0 Å². The van der Waals surface area contributed by atoms with Crippen LogP contribution < -0.4 is 4.74 Å². The van der Waals surface area contributed by atoms with E-state index in [1.165, 1.54) is 6.07 Å². The Balaban J connectivity index is 0.000000204. The van der Waals surface area contributed by atoms with Crippen LogP contribution in [0.1, 0.15) is 19.4 Å². The number of halogens is 2. The van der Waals surface area contributed by atoms with Crippen LogP contribution in [0.15, 0.2) is 24.3 Å². The van der Waals surface area contributed by atoms with Crippen LogP contribution in [0.25, 0.3) is 0 Å². The van der Waals surface area contributed by atoms with Gasteiger partial charge in [0.2, 0.25) is 0 Å². The molecule has 5 heteroatoms. The van der Waals surface area contributed by atoms with Gasteiger partial charge in [0.1, 0.15) is 5.75 Å². The summed E-state index contributed by atoms with van der Waals surface area (Å²) in [7, 11) is 0. The summed E-state index contributed by atoms with van der Waals surface area (Å²) in [6.45, 7) is 7.58. The number of benzene rings is 1. The van der Waals surface area contributed by atoms with Crippen molar-refractivity contribution >= 4 is 0 Å². The van der Waals surface area contributed by atoms with Gasteiger partial charge in [0.15, 0.2) is 0 Å². The first-order valence-electron chi connectivity index (χ1n) is 6.82. The van der Waals surface area contributed by atoms with Gasteiger partial charge in [-0.3, -0.25) is 4.90 Å². The molecular formula is C15H23F2NO2. The van der Waals surface area contributed by atoms with Crippen molar-refractivity contribution in [2.45, 2.75) is 33.4 Å². The molecule has 0 amide bonds. The fourth-order valence-electron chi connectivity index (χ4n) is 1.89. The van der Waals surface area contributed by atoms with Crippen molar-refractivity contribution in [3.8, 4) is 5.75 Å². The summed E-state index contributed by atoms with van der Waals surface area (Å²) in [5.41, 5.74) is 0.906. The molecule has 0 unspecified atom stereocenters. The third-order valence-corrected chi connectivity index (χ3v) is 2.99. The lowest BCUT2D eigenvalue weighted by molar-refractivity contribution is -0.0498. The summed E-state index contributed by atoms with van der Waals surface area (Å²) in [4.78, 5) is 2.43. The van der Waals surface area contributed by atoms with E-state index in [1.807, 2.05) is 13.0 Å². The Labute approximate surface area is 119 Å². The van der Waals surface area contributed by atoms with Crippen molar-refractivity contribution in [1.82, 2.24) is 4.90 Å². The molecular weight excluding hydrogens is 264 g/mol. The summed E-state index contributed by atoms with van der Waals surface area (Å²) in [6, 6.07) is 7.24. The molecule has 0 atom stereocenters. The second-order valence-electron chi connectivity index (χ2n) is 4.94. The van der Waals surface area contributed by atoms with Crippen LogP contribution in [0, 0.1) is 6.92 Å². The monoisotopic (exact) mass is 287 g/mol. The molecule has 1 fully saturated rings. The Kier molecular flexibility index (Phi) is 7.47. The second kappa shape index (κ2) is 8.87. The molecule has 0 aliphatic carbocycles. The Hall–Kier alpha value is -1.20. The summed E-state index contributed by atoms with van der Waals surface area (Å²) < 4.78 is 32.6. The number of rotatable bonds is 3. The number of aryl methyl sites for hydroxylation is 1. The zero-order valence-electron chi connectivity index (χ0n) is 12.3. The maximum absolute atomic E-state index is 11.6. The van der Waals surface area contributed by atoms with Gasteiger partial charge >= 0.3 is 6.61 Å². The minimum Gasteiger partial charge on any atom is -0.435 e. The van der Waals surface area contributed by atoms with Crippen LogP contribution in [0.5, 0.6) is 5.75 Å². The van der Waals surface area contributed by atoms with Crippen LogP contribution in [-0.4, -0.2) is 43.9 Å². The van der Waals surface area contributed by atoms with Crippen LogP contribution >= 0.6 is 0 Å². The highest BCUT2D eigenvalue weighted by molar-refractivity contribution is 5.27. The first-order valence-corrected chi connectivity index (χ1v) is 6.82. The highest BCUT2D eigenvalue weighted by Gasteiger charge is 2.12. The molecule has 1 aliphatic heterocycles. The molecule has 1 aliphatic rings. The topological polar surface area (TPSA) is 21.7 Å². The summed E-state index contributed by atoms with van der Waals surface area (Å²) in [5, 5.41) is 0. The number of ether oxygens (including phenoxy) is 2. The van der Waals surface area contributed by atoms with E-state index >= 15 is 0 Å². The average Bonchev–Trinajstić information content (AvgIpc) is 2.39. The Morgan fingerprint density at radius 1 is 1.20 bits per heavy atom. The van der Waals surface area contributed by atoms with Gasteiger partial charge < -0.3 is 9.47 Å². The van der Waals surface area contributed by atoms with Gasteiger partial charge in [-0.05, 0) is 38.5 Å². The summed E-state index contributed by atoms with van der Waals surface area (Å²) >= 11 is 0. The normalized spacial score (nSPS) is 15.9. The molecule has 0 bridgehead atoms. The molecule has 2 rings (SSSR count). The van der Waals surface area contributed by atoms with Gasteiger partial charge in [0.05, 0.1) is 13.2 Å². The zero-order valence-corrected chi connectivity index (χ0v) is 12.3. The smallest absolute Gasteiger partial charge is 0.387 e. The highest BCUT2D eigenvalue weighted by atomic mass is 19.3. The largest absolute Gasteiger partial charge is 0.435 e. The van der Waals surface area contributed by atoms with Crippen molar-refractivity contribution in [1.29, 1.82) is 0 Å². The number of alkyl halides is 2. The second-order valence-corrected chi connectivity index (χ2v) is 4.94. The Bertz CT molecular complexity index is 380. The van der Waals surface area contributed by atoms with Crippen LogP contribution in [0.4, 0.5) is 8.78 Å². The van der Waals surface area contributed by atoms with Gasteiger partial charge in [-0.25, -0.2) is 0 Å². The quantitative estimate of drug-likeness (QED) is 0.851. The predicted molar refractivity (Wildman–Crippen MR) is 75.3 cm³/mol. The van der Waals surface area contributed by atoms with E-state index in [4.69, 9.17) is 4.74 Å². The van der Waals surface area contributed by atoms with Crippen LogP contribution in [0.3, 0.4) is 0 Å². The maximum atomic E-state index is 11.6. The number of nitrogens with zero attached hydrogens (tertiary/aromatic N) is 1. The molecule has 1 aromatic rings. The minimum absolute atomic E-state index is 0.208. The molecule has 114 valence electrons. The average molecular weight is 287 g/mol. The standard InChI is InChI=1S/C8H8F2O.C7H15NO/c1-6-3-2-4-7(5-6)11-8(9)10;1-7(2)8-3-5-9-6-4-8/h2-5,8H,1H3;7H,3-6H2,1-2H3. The number of morpholine rings is 1. The first-order chi connectivity index (χ1) is 9.49. The van der Waals surface area contributed by atoms with Gasteiger partial charge in [0.25, 0.3) is 0 Å². The Morgan fingerprint density at radius 3 is 2.30 bits per heavy atom. The highest BCUT2D eigenvalue weighted by Crippen LogP contribution is 2.14. The van der Waals surface area contributed by atoms with Crippen molar-refractivity contribution in [3.63, 3.8) is 0 Å². The lowest BCUT2D eigenvalue weighted by Crippen LogP contribution is -2.40. The van der Waals surface area contributed by atoms with Crippen molar-refractivity contribution in [3.05, 3.63) is 29.8 Å². The van der Waals surface area contributed by atoms with E-state index in [-0.39, 0.29) is 5.75 Å². The van der Waals surface area contributed by atoms with Gasteiger partial charge in [-0.15, -0.1) is 0 Å². The third kappa shape index (κ3) is 6.82. The predicted octanol–water partition coefficient (Wildman–Crippen LogP) is 3.32.